The van der Waals surface area contributed by atoms with Gasteiger partial charge in [0, 0.05) is 38.6 Å². The van der Waals surface area contributed by atoms with Crippen molar-refractivity contribution in [3.8, 4) is 11.5 Å². The Balaban J connectivity index is 1.41. The van der Waals surface area contributed by atoms with Gasteiger partial charge in [-0.1, -0.05) is 17.9 Å². The topological polar surface area (TPSA) is 88.1 Å². The van der Waals surface area contributed by atoms with Crippen molar-refractivity contribution in [2.24, 2.45) is 7.05 Å². The van der Waals surface area contributed by atoms with E-state index in [1.807, 2.05) is 17.9 Å². The lowest BCUT2D eigenvalue weighted by Gasteiger charge is -2.23. The lowest BCUT2D eigenvalue weighted by Crippen LogP contribution is -2.26. The van der Waals surface area contributed by atoms with E-state index in [-0.39, 0.29) is 0 Å². The van der Waals surface area contributed by atoms with E-state index < -0.39 is 0 Å². The van der Waals surface area contributed by atoms with Gasteiger partial charge < -0.3 is 19.5 Å². The van der Waals surface area contributed by atoms with E-state index >= 15 is 0 Å². The summed E-state index contributed by atoms with van der Waals surface area (Å²) in [7, 11) is 1.93. The molecule has 9 heteroatoms. The summed E-state index contributed by atoms with van der Waals surface area (Å²) in [6.45, 7) is 6.18. The van der Waals surface area contributed by atoms with Crippen LogP contribution in [0.4, 0.5) is 11.8 Å². The van der Waals surface area contributed by atoms with E-state index in [2.05, 4.69) is 36.5 Å². The number of hydrogen-bond donors (Lipinski definition) is 1. The Labute approximate surface area is 176 Å². The Morgan fingerprint density at radius 2 is 1.77 bits per heavy atom. The first-order valence-electron chi connectivity index (χ1n) is 11.2. The van der Waals surface area contributed by atoms with Crippen LogP contribution in [0.15, 0.2) is 16.7 Å². The summed E-state index contributed by atoms with van der Waals surface area (Å²) >= 11 is 0. The van der Waals surface area contributed by atoms with Gasteiger partial charge in [-0.2, -0.15) is 5.10 Å². The van der Waals surface area contributed by atoms with E-state index in [9.17, 15) is 0 Å². The van der Waals surface area contributed by atoms with Crippen molar-refractivity contribution in [2.75, 3.05) is 49.5 Å². The van der Waals surface area contributed by atoms with Gasteiger partial charge in [0.05, 0.1) is 11.8 Å². The number of nitrogens with one attached hydrogen (secondary N) is 1. The standard InChI is InChI=1S/C21H30N8O/c1-27-18-16(15-23-27)14-17(19(24-18)29-11-4-2-3-5-12-29)20-25-26-21(30-20)22-8-13-28-9-6-7-10-28/h14-15H,2-13H2,1H3,(H,22,26). The van der Waals surface area contributed by atoms with Crippen LogP contribution in [0.1, 0.15) is 38.5 Å². The second kappa shape index (κ2) is 8.59. The molecule has 30 heavy (non-hydrogen) atoms. The fourth-order valence-electron chi connectivity index (χ4n) is 4.48. The number of nitrogens with zero attached hydrogens (tertiary/aromatic N) is 7. The van der Waals surface area contributed by atoms with Gasteiger partial charge in [-0.25, -0.2) is 4.98 Å². The largest absolute Gasteiger partial charge is 0.403 e. The molecule has 2 saturated heterocycles. The summed E-state index contributed by atoms with van der Waals surface area (Å²) in [5.41, 5.74) is 1.76. The van der Waals surface area contributed by atoms with Gasteiger partial charge in [-0.15, -0.1) is 5.10 Å². The summed E-state index contributed by atoms with van der Waals surface area (Å²) < 4.78 is 7.83. The lowest BCUT2D eigenvalue weighted by atomic mass is 10.2. The highest BCUT2D eigenvalue weighted by Crippen LogP contribution is 2.33. The number of aryl methyl sites for hydroxylation is 1. The lowest BCUT2D eigenvalue weighted by molar-refractivity contribution is 0.351. The minimum Gasteiger partial charge on any atom is -0.403 e. The average molecular weight is 411 g/mol. The predicted molar refractivity (Wildman–Crippen MR) is 117 cm³/mol. The molecule has 0 aliphatic carbocycles. The van der Waals surface area contributed by atoms with Crippen molar-refractivity contribution in [3.05, 3.63) is 12.3 Å². The van der Waals surface area contributed by atoms with E-state index in [1.165, 1.54) is 51.6 Å². The summed E-state index contributed by atoms with van der Waals surface area (Å²) in [6.07, 6.45) is 9.33. The first-order chi connectivity index (χ1) is 14.8. The van der Waals surface area contributed by atoms with Gasteiger partial charge in [-0.3, -0.25) is 4.68 Å². The summed E-state index contributed by atoms with van der Waals surface area (Å²) in [4.78, 5) is 9.79. The molecule has 2 aliphatic heterocycles. The van der Waals surface area contributed by atoms with E-state index in [4.69, 9.17) is 9.40 Å². The molecule has 160 valence electrons. The van der Waals surface area contributed by atoms with Gasteiger partial charge in [0.2, 0.25) is 0 Å². The van der Waals surface area contributed by atoms with Crippen LogP contribution >= 0.6 is 0 Å². The zero-order chi connectivity index (χ0) is 20.3. The molecule has 2 fully saturated rings. The minimum absolute atomic E-state index is 0.470. The molecule has 0 aromatic carbocycles. The van der Waals surface area contributed by atoms with Crippen LogP contribution in [-0.4, -0.2) is 69.1 Å². The molecule has 0 amide bonds. The van der Waals surface area contributed by atoms with Gasteiger partial charge in [-0.05, 0) is 44.8 Å². The zero-order valence-corrected chi connectivity index (χ0v) is 17.7. The van der Waals surface area contributed by atoms with Crippen molar-refractivity contribution < 1.29 is 4.42 Å². The van der Waals surface area contributed by atoms with Crippen molar-refractivity contribution in [1.82, 2.24) is 29.9 Å². The van der Waals surface area contributed by atoms with Gasteiger partial charge >= 0.3 is 6.01 Å². The van der Waals surface area contributed by atoms with Gasteiger partial charge in [0.15, 0.2) is 5.65 Å². The number of anilines is 2. The number of pyridine rings is 1. The summed E-state index contributed by atoms with van der Waals surface area (Å²) in [5.74, 6) is 1.43. The van der Waals surface area contributed by atoms with E-state index in [0.29, 0.717) is 11.9 Å². The molecular weight excluding hydrogens is 380 g/mol. The van der Waals surface area contributed by atoms with Crippen LogP contribution in [-0.2, 0) is 7.05 Å². The van der Waals surface area contributed by atoms with Gasteiger partial charge in [0.1, 0.15) is 5.82 Å². The van der Waals surface area contributed by atoms with E-state index in [1.54, 1.807) is 0 Å². The number of likely N-dealkylation sites (tertiary alicyclic amines) is 1. The number of rotatable bonds is 6. The third kappa shape index (κ3) is 3.98. The van der Waals surface area contributed by atoms with Crippen LogP contribution < -0.4 is 10.2 Å². The van der Waals surface area contributed by atoms with Crippen molar-refractivity contribution in [3.63, 3.8) is 0 Å². The summed E-state index contributed by atoms with van der Waals surface area (Å²) in [6, 6.07) is 2.55. The van der Waals surface area contributed by atoms with Crippen LogP contribution in [0, 0.1) is 0 Å². The zero-order valence-electron chi connectivity index (χ0n) is 17.7. The van der Waals surface area contributed by atoms with Crippen LogP contribution in [0.3, 0.4) is 0 Å². The maximum atomic E-state index is 6.01. The number of aromatic nitrogens is 5. The molecule has 9 nitrogen and oxygen atoms in total. The second-order valence-corrected chi connectivity index (χ2v) is 8.33. The molecule has 0 saturated carbocycles. The first-order valence-corrected chi connectivity index (χ1v) is 11.2. The number of hydrogen-bond acceptors (Lipinski definition) is 8. The highest BCUT2D eigenvalue weighted by Gasteiger charge is 2.22. The molecular formula is C21H30N8O. The highest BCUT2D eigenvalue weighted by molar-refractivity contribution is 5.85. The van der Waals surface area contributed by atoms with Crippen molar-refractivity contribution in [2.45, 2.75) is 38.5 Å². The smallest absolute Gasteiger partial charge is 0.315 e. The fraction of sp³-hybridized carbons (Fsp3) is 0.619. The molecule has 3 aromatic rings. The molecule has 5 rings (SSSR count). The van der Waals surface area contributed by atoms with Gasteiger partial charge in [0.25, 0.3) is 5.89 Å². The quantitative estimate of drug-likeness (QED) is 0.664. The normalized spacial score (nSPS) is 18.2. The van der Waals surface area contributed by atoms with Crippen LogP contribution in [0.5, 0.6) is 0 Å². The monoisotopic (exact) mass is 410 g/mol. The molecule has 3 aromatic heterocycles. The van der Waals surface area contributed by atoms with Crippen LogP contribution in [0.2, 0.25) is 0 Å². The predicted octanol–water partition coefficient (Wildman–Crippen LogP) is 2.91. The Morgan fingerprint density at radius 1 is 1.00 bits per heavy atom. The highest BCUT2D eigenvalue weighted by atomic mass is 16.4. The fourth-order valence-corrected chi connectivity index (χ4v) is 4.48. The SMILES string of the molecule is Cn1ncc2cc(-c3nnc(NCCN4CCCC4)o3)c(N3CCCCCC3)nc21. The molecule has 0 spiro atoms. The second-order valence-electron chi connectivity index (χ2n) is 8.33. The minimum atomic E-state index is 0.470. The molecule has 0 radical (unpaired) electrons. The van der Waals surface area contributed by atoms with Crippen molar-refractivity contribution >= 4 is 22.9 Å². The number of fused-ring (bicyclic) bond motifs is 1. The Kier molecular flexibility index (Phi) is 5.52. The Morgan fingerprint density at radius 3 is 2.57 bits per heavy atom. The molecule has 0 bridgehead atoms. The summed E-state index contributed by atoms with van der Waals surface area (Å²) in [5, 5.41) is 17.2. The molecule has 0 atom stereocenters. The molecule has 2 aliphatic rings. The molecule has 5 heterocycles. The molecule has 1 N–H and O–H groups in total. The van der Waals surface area contributed by atoms with Crippen molar-refractivity contribution in [1.29, 1.82) is 0 Å². The van der Waals surface area contributed by atoms with E-state index in [0.717, 1.165) is 48.6 Å². The first kappa shape index (κ1) is 19.3. The maximum Gasteiger partial charge on any atom is 0.315 e. The average Bonchev–Trinajstić information content (AvgIpc) is 3.47. The maximum absolute atomic E-state index is 6.01. The third-order valence-electron chi connectivity index (χ3n) is 6.15. The molecule has 0 unspecified atom stereocenters. The Bertz CT molecular complexity index is 982. The van der Waals surface area contributed by atoms with Crippen LogP contribution in [0.25, 0.3) is 22.5 Å². The third-order valence-corrected chi connectivity index (χ3v) is 6.15. The Hall–Kier alpha value is -2.68.